The monoisotopic (exact) mass is 190 g/mol. The molecule has 74 valence electrons. The Kier molecular flexibility index (Phi) is 4.86. The van der Waals surface area contributed by atoms with E-state index in [-0.39, 0.29) is 6.32 Å². The number of primary amides is 1. The highest BCUT2D eigenvalue weighted by molar-refractivity contribution is 6.41. The third kappa shape index (κ3) is 5.04. The van der Waals surface area contributed by atoms with Crippen LogP contribution < -0.4 is 11.1 Å². The molecule has 0 fully saturated rings. The molecule has 1 unspecified atom stereocenters. The van der Waals surface area contributed by atoms with Crippen LogP contribution in [0.4, 0.5) is 4.79 Å². The Bertz CT molecular complexity index is 197. The third-order valence-electron chi connectivity index (χ3n) is 1.25. The average molecular weight is 190 g/mol. The van der Waals surface area contributed by atoms with Crippen LogP contribution in [0.25, 0.3) is 0 Å². The molecule has 5 N–H and O–H groups in total. The predicted molar refractivity (Wildman–Crippen MR) is 43.5 cm³/mol. The first kappa shape index (κ1) is 11.7. The van der Waals surface area contributed by atoms with E-state index in [0.29, 0.717) is 0 Å². The van der Waals surface area contributed by atoms with Crippen molar-refractivity contribution >= 4 is 19.1 Å². The van der Waals surface area contributed by atoms with Gasteiger partial charge in [0, 0.05) is 6.32 Å². The summed E-state index contributed by atoms with van der Waals surface area (Å²) in [5.74, 6) is -0.785. The highest BCUT2D eigenvalue weighted by atomic mass is 16.5. The summed E-state index contributed by atoms with van der Waals surface area (Å²) in [5, 5.41) is 19.1. The summed E-state index contributed by atoms with van der Waals surface area (Å²) in [6.45, 7) is 0. The number of urea groups is 1. The van der Waals surface area contributed by atoms with E-state index in [1.54, 1.807) is 0 Å². The molecule has 0 rings (SSSR count). The molecule has 0 aromatic heterocycles. The highest BCUT2D eigenvalue weighted by Gasteiger charge is 2.25. The number of esters is 1. The van der Waals surface area contributed by atoms with E-state index in [1.807, 2.05) is 5.32 Å². The molecule has 0 heterocycles. The van der Waals surface area contributed by atoms with Crippen LogP contribution in [0, 0.1) is 0 Å². The van der Waals surface area contributed by atoms with Crippen molar-refractivity contribution in [3.63, 3.8) is 0 Å². The first-order valence-electron chi connectivity index (χ1n) is 3.47. The lowest BCUT2D eigenvalue weighted by Crippen LogP contribution is -2.46. The van der Waals surface area contributed by atoms with E-state index in [9.17, 15) is 9.59 Å². The summed E-state index contributed by atoms with van der Waals surface area (Å²) in [4.78, 5) is 21.2. The first-order valence-corrected chi connectivity index (χ1v) is 3.47. The van der Waals surface area contributed by atoms with Gasteiger partial charge in [0.1, 0.15) is 6.04 Å². The van der Waals surface area contributed by atoms with Gasteiger partial charge in [0.2, 0.25) is 0 Å². The first-order chi connectivity index (χ1) is 5.97. The van der Waals surface area contributed by atoms with E-state index in [2.05, 4.69) is 4.74 Å². The van der Waals surface area contributed by atoms with Crippen LogP contribution in [0.3, 0.4) is 0 Å². The normalized spacial score (nSPS) is 11.6. The smallest absolute Gasteiger partial charge is 0.454 e. The van der Waals surface area contributed by atoms with Gasteiger partial charge in [-0.15, -0.1) is 0 Å². The van der Waals surface area contributed by atoms with Crippen LogP contribution in [-0.4, -0.2) is 42.3 Å². The largest absolute Gasteiger partial charge is 0.468 e. The summed E-state index contributed by atoms with van der Waals surface area (Å²) < 4.78 is 4.28. The number of hydrogen-bond acceptors (Lipinski definition) is 5. The SMILES string of the molecule is COC(=O)C(CB(O)O)NC(N)=O. The van der Waals surface area contributed by atoms with Gasteiger partial charge in [0.25, 0.3) is 0 Å². The van der Waals surface area contributed by atoms with Crippen molar-refractivity contribution in [3.8, 4) is 0 Å². The summed E-state index contributed by atoms with van der Waals surface area (Å²) >= 11 is 0. The maximum absolute atomic E-state index is 10.9. The van der Waals surface area contributed by atoms with Gasteiger partial charge in [-0.25, -0.2) is 9.59 Å². The summed E-state index contributed by atoms with van der Waals surface area (Å²) in [6, 6.07) is -2.07. The Morgan fingerprint density at radius 2 is 2.15 bits per heavy atom. The molecule has 0 saturated heterocycles. The Balaban J connectivity index is 4.18. The molecular weight excluding hydrogens is 179 g/mol. The maximum Gasteiger partial charge on any atom is 0.454 e. The number of nitrogens with one attached hydrogen (secondary N) is 1. The van der Waals surface area contributed by atoms with Crippen molar-refractivity contribution in [2.75, 3.05) is 7.11 Å². The van der Waals surface area contributed by atoms with Crippen molar-refractivity contribution < 1.29 is 24.4 Å². The van der Waals surface area contributed by atoms with Crippen LogP contribution in [0.5, 0.6) is 0 Å². The number of rotatable bonds is 4. The van der Waals surface area contributed by atoms with Crippen molar-refractivity contribution in [2.24, 2.45) is 5.73 Å². The standard InChI is InChI=1S/C5H11BN2O5/c1-13-4(9)3(2-6(11)12)8-5(7)10/h3,11-12H,2H2,1H3,(H3,7,8,10). The van der Waals surface area contributed by atoms with Gasteiger partial charge in [0.05, 0.1) is 7.11 Å². The summed E-state index contributed by atoms with van der Waals surface area (Å²) in [5.41, 5.74) is 4.74. The van der Waals surface area contributed by atoms with Gasteiger partial charge < -0.3 is 25.8 Å². The number of amides is 2. The maximum atomic E-state index is 10.9. The van der Waals surface area contributed by atoms with Crippen molar-refractivity contribution in [3.05, 3.63) is 0 Å². The average Bonchev–Trinajstić information content (AvgIpc) is 2.00. The topological polar surface area (TPSA) is 122 Å². The molecule has 0 radical (unpaired) electrons. The Labute approximate surface area is 75.0 Å². The van der Waals surface area contributed by atoms with Gasteiger partial charge in [-0.3, -0.25) is 0 Å². The zero-order valence-electron chi connectivity index (χ0n) is 7.06. The molecule has 8 heteroatoms. The van der Waals surface area contributed by atoms with Gasteiger partial charge in [0.15, 0.2) is 0 Å². The number of nitrogens with two attached hydrogens (primary N) is 1. The molecule has 1 atom stereocenters. The Hall–Kier alpha value is -1.28. The van der Waals surface area contributed by atoms with Crippen LogP contribution in [0.1, 0.15) is 0 Å². The number of ether oxygens (including phenoxy) is 1. The summed E-state index contributed by atoms with van der Waals surface area (Å²) in [7, 11) is -0.599. The lowest BCUT2D eigenvalue weighted by atomic mass is 9.82. The van der Waals surface area contributed by atoms with E-state index in [0.717, 1.165) is 7.11 Å². The fourth-order valence-corrected chi connectivity index (χ4v) is 0.739. The third-order valence-corrected chi connectivity index (χ3v) is 1.25. The predicted octanol–water partition coefficient (Wildman–Crippen LogP) is -2.33. The zero-order valence-corrected chi connectivity index (χ0v) is 7.06. The fourth-order valence-electron chi connectivity index (χ4n) is 0.739. The Morgan fingerprint density at radius 1 is 1.62 bits per heavy atom. The van der Waals surface area contributed by atoms with Crippen LogP contribution in [-0.2, 0) is 9.53 Å². The van der Waals surface area contributed by atoms with Gasteiger partial charge in [-0.2, -0.15) is 0 Å². The molecule has 0 spiro atoms. The van der Waals surface area contributed by atoms with Crippen LogP contribution >= 0.6 is 0 Å². The molecular formula is C5H11BN2O5. The molecule has 13 heavy (non-hydrogen) atoms. The van der Waals surface area contributed by atoms with Crippen LogP contribution in [0.15, 0.2) is 0 Å². The molecule has 7 nitrogen and oxygen atoms in total. The van der Waals surface area contributed by atoms with E-state index >= 15 is 0 Å². The number of hydrogen-bond donors (Lipinski definition) is 4. The molecule has 0 bridgehead atoms. The van der Waals surface area contributed by atoms with E-state index < -0.39 is 25.2 Å². The van der Waals surface area contributed by atoms with E-state index in [1.165, 1.54) is 0 Å². The highest BCUT2D eigenvalue weighted by Crippen LogP contribution is 1.97. The van der Waals surface area contributed by atoms with Crippen molar-refractivity contribution in [1.29, 1.82) is 0 Å². The van der Waals surface area contributed by atoms with Crippen molar-refractivity contribution in [1.82, 2.24) is 5.32 Å². The second kappa shape index (κ2) is 5.38. The minimum Gasteiger partial charge on any atom is -0.468 e. The second-order valence-corrected chi connectivity index (χ2v) is 2.30. The molecule has 0 aliphatic carbocycles. The number of methoxy groups -OCH3 is 1. The minimum atomic E-state index is -1.71. The van der Waals surface area contributed by atoms with Gasteiger partial charge >= 0.3 is 19.1 Å². The Morgan fingerprint density at radius 3 is 2.46 bits per heavy atom. The molecule has 0 aliphatic rings. The van der Waals surface area contributed by atoms with Crippen molar-refractivity contribution in [2.45, 2.75) is 12.4 Å². The lowest BCUT2D eigenvalue weighted by Gasteiger charge is -2.13. The second-order valence-electron chi connectivity index (χ2n) is 2.30. The summed E-state index contributed by atoms with van der Waals surface area (Å²) in [6.07, 6.45) is -0.365. The zero-order chi connectivity index (χ0) is 10.4. The lowest BCUT2D eigenvalue weighted by molar-refractivity contribution is -0.142. The molecule has 2 amide bonds. The van der Waals surface area contributed by atoms with Crippen LogP contribution in [0.2, 0.25) is 6.32 Å². The van der Waals surface area contributed by atoms with Gasteiger partial charge in [-0.05, 0) is 0 Å². The molecule has 0 saturated carbocycles. The number of carbonyl (C=O) groups is 2. The number of carbonyl (C=O) groups excluding carboxylic acids is 2. The molecule has 0 aliphatic heterocycles. The molecule has 0 aromatic carbocycles. The quantitative estimate of drug-likeness (QED) is 0.292. The van der Waals surface area contributed by atoms with E-state index in [4.69, 9.17) is 15.8 Å². The molecule has 0 aromatic rings. The fraction of sp³-hybridized carbons (Fsp3) is 0.600. The van der Waals surface area contributed by atoms with Gasteiger partial charge in [-0.1, -0.05) is 0 Å². The minimum absolute atomic E-state index is 0.365.